The standard InChI is InChI=1S/C23H24N2O/c26-23(24-22-12-6-10-19-9-4-5-11-21(19)22)20-13-15-25(16-14-20)17-18-7-2-1-3-8-18/h1-12,20H,13-17H2,(H,24,26). The predicted octanol–water partition coefficient (Wildman–Crippen LogP) is 4.69. The first kappa shape index (κ1) is 16.8. The van der Waals surface area contributed by atoms with Crippen molar-refractivity contribution in [1.82, 2.24) is 4.90 Å². The summed E-state index contributed by atoms with van der Waals surface area (Å²) in [6.07, 6.45) is 1.84. The lowest BCUT2D eigenvalue weighted by Gasteiger charge is -2.31. The number of likely N-dealkylation sites (tertiary alicyclic amines) is 1. The van der Waals surface area contributed by atoms with Crippen LogP contribution in [0.1, 0.15) is 18.4 Å². The Morgan fingerprint density at radius 2 is 1.58 bits per heavy atom. The summed E-state index contributed by atoms with van der Waals surface area (Å²) in [5.74, 6) is 0.252. The fourth-order valence-corrected chi connectivity index (χ4v) is 3.76. The Labute approximate surface area is 154 Å². The van der Waals surface area contributed by atoms with Gasteiger partial charge in [0.2, 0.25) is 5.91 Å². The summed E-state index contributed by atoms with van der Waals surface area (Å²) in [5.41, 5.74) is 2.26. The van der Waals surface area contributed by atoms with Gasteiger partial charge in [0.15, 0.2) is 0 Å². The minimum Gasteiger partial charge on any atom is -0.325 e. The number of anilines is 1. The van der Waals surface area contributed by atoms with E-state index in [4.69, 9.17) is 0 Å². The van der Waals surface area contributed by atoms with Gasteiger partial charge in [-0.25, -0.2) is 0 Å². The smallest absolute Gasteiger partial charge is 0.227 e. The van der Waals surface area contributed by atoms with E-state index >= 15 is 0 Å². The summed E-state index contributed by atoms with van der Waals surface area (Å²) in [7, 11) is 0. The fourth-order valence-electron chi connectivity index (χ4n) is 3.76. The van der Waals surface area contributed by atoms with Crippen LogP contribution >= 0.6 is 0 Å². The molecule has 0 bridgehead atoms. The lowest BCUT2D eigenvalue weighted by molar-refractivity contribution is -0.121. The van der Waals surface area contributed by atoms with Crippen molar-refractivity contribution in [2.75, 3.05) is 18.4 Å². The molecular weight excluding hydrogens is 320 g/mol. The van der Waals surface area contributed by atoms with Crippen molar-refractivity contribution in [1.29, 1.82) is 0 Å². The number of rotatable bonds is 4. The molecule has 132 valence electrons. The largest absolute Gasteiger partial charge is 0.325 e. The monoisotopic (exact) mass is 344 g/mol. The van der Waals surface area contributed by atoms with Crippen molar-refractivity contribution in [2.24, 2.45) is 5.92 Å². The Bertz CT molecular complexity index is 878. The second kappa shape index (κ2) is 7.71. The topological polar surface area (TPSA) is 32.3 Å². The molecule has 0 radical (unpaired) electrons. The first-order chi connectivity index (χ1) is 12.8. The number of fused-ring (bicyclic) bond motifs is 1. The minimum absolute atomic E-state index is 0.0981. The molecule has 1 saturated heterocycles. The molecule has 1 aliphatic rings. The van der Waals surface area contributed by atoms with Crippen LogP contribution in [0.2, 0.25) is 0 Å². The molecule has 3 heteroatoms. The minimum atomic E-state index is 0.0981. The molecule has 3 aromatic carbocycles. The van der Waals surface area contributed by atoms with Crippen molar-refractivity contribution in [3.63, 3.8) is 0 Å². The van der Waals surface area contributed by atoms with Gasteiger partial charge in [-0.1, -0.05) is 66.7 Å². The highest BCUT2D eigenvalue weighted by molar-refractivity contribution is 6.02. The number of carbonyl (C=O) groups is 1. The third kappa shape index (κ3) is 3.78. The van der Waals surface area contributed by atoms with Crippen molar-refractivity contribution < 1.29 is 4.79 Å². The molecule has 1 N–H and O–H groups in total. The van der Waals surface area contributed by atoms with Crippen LogP contribution in [-0.4, -0.2) is 23.9 Å². The Morgan fingerprint density at radius 3 is 2.38 bits per heavy atom. The number of piperidine rings is 1. The summed E-state index contributed by atoms with van der Waals surface area (Å²) >= 11 is 0. The maximum absolute atomic E-state index is 12.7. The summed E-state index contributed by atoms with van der Waals surface area (Å²) < 4.78 is 0. The number of amides is 1. The third-order valence-electron chi connectivity index (χ3n) is 5.25. The van der Waals surface area contributed by atoms with Crippen molar-refractivity contribution in [3.8, 4) is 0 Å². The molecule has 4 rings (SSSR count). The lowest BCUT2D eigenvalue weighted by Crippen LogP contribution is -2.37. The number of hydrogen-bond acceptors (Lipinski definition) is 2. The molecule has 1 aliphatic heterocycles. The maximum Gasteiger partial charge on any atom is 0.227 e. The van der Waals surface area contributed by atoms with E-state index in [0.717, 1.165) is 48.9 Å². The molecule has 0 unspecified atom stereocenters. The Balaban J connectivity index is 1.36. The Hall–Kier alpha value is -2.65. The van der Waals surface area contributed by atoms with E-state index in [-0.39, 0.29) is 11.8 Å². The van der Waals surface area contributed by atoms with E-state index in [1.54, 1.807) is 0 Å². The summed E-state index contributed by atoms with van der Waals surface area (Å²) in [5, 5.41) is 5.42. The number of hydrogen-bond donors (Lipinski definition) is 1. The van der Waals surface area contributed by atoms with E-state index in [2.05, 4.69) is 52.7 Å². The molecule has 0 aromatic heterocycles. The Kier molecular flexibility index (Phi) is 4.98. The highest BCUT2D eigenvalue weighted by Crippen LogP contribution is 2.25. The van der Waals surface area contributed by atoms with Crippen molar-refractivity contribution >= 4 is 22.4 Å². The second-order valence-corrected chi connectivity index (χ2v) is 7.05. The molecular formula is C23H24N2O. The SMILES string of the molecule is O=C(Nc1cccc2ccccc12)C1CCN(Cc2ccccc2)CC1. The highest BCUT2D eigenvalue weighted by atomic mass is 16.1. The predicted molar refractivity (Wildman–Crippen MR) is 107 cm³/mol. The van der Waals surface area contributed by atoms with Gasteiger partial charge in [0.1, 0.15) is 0 Å². The molecule has 3 nitrogen and oxygen atoms in total. The summed E-state index contributed by atoms with van der Waals surface area (Å²) in [6.45, 7) is 2.92. The lowest BCUT2D eigenvalue weighted by atomic mass is 9.95. The van der Waals surface area contributed by atoms with Crippen LogP contribution in [0, 0.1) is 5.92 Å². The van der Waals surface area contributed by atoms with Crippen molar-refractivity contribution in [3.05, 3.63) is 78.4 Å². The van der Waals surface area contributed by atoms with E-state index in [1.165, 1.54) is 5.56 Å². The van der Waals surface area contributed by atoms with E-state index in [0.29, 0.717) is 0 Å². The van der Waals surface area contributed by atoms with E-state index in [1.807, 2.05) is 30.3 Å². The zero-order valence-corrected chi connectivity index (χ0v) is 14.9. The van der Waals surface area contributed by atoms with Crippen LogP contribution in [0.3, 0.4) is 0 Å². The molecule has 1 amide bonds. The number of benzene rings is 3. The Morgan fingerprint density at radius 1 is 0.885 bits per heavy atom. The number of carbonyl (C=O) groups excluding carboxylic acids is 1. The van der Waals surface area contributed by atoms with Gasteiger partial charge < -0.3 is 5.32 Å². The molecule has 0 atom stereocenters. The van der Waals surface area contributed by atoms with Crippen LogP contribution in [-0.2, 0) is 11.3 Å². The number of nitrogens with one attached hydrogen (secondary N) is 1. The maximum atomic E-state index is 12.7. The number of nitrogens with zero attached hydrogens (tertiary/aromatic N) is 1. The summed E-state index contributed by atoms with van der Waals surface area (Å²) in [4.78, 5) is 15.2. The first-order valence-electron chi connectivity index (χ1n) is 9.34. The molecule has 0 saturated carbocycles. The zero-order chi connectivity index (χ0) is 17.8. The third-order valence-corrected chi connectivity index (χ3v) is 5.25. The second-order valence-electron chi connectivity index (χ2n) is 7.05. The molecule has 0 spiro atoms. The van der Waals surface area contributed by atoms with Crippen LogP contribution < -0.4 is 5.32 Å². The molecule has 26 heavy (non-hydrogen) atoms. The van der Waals surface area contributed by atoms with Gasteiger partial charge in [-0.2, -0.15) is 0 Å². The molecule has 1 fully saturated rings. The van der Waals surface area contributed by atoms with Crippen LogP contribution in [0.4, 0.5) is 5.69 Å². The average molecular weight is 344 g/mol. The van der Waals surface area contributed by atoms with Gasteiger partial charge in [-0.3, -0.25) is 9.69 Å². The van der Waals surface area contributed by atoms with E-state index in [9.17, 15) is 4.79 Å². The van der Waals surface area contributed by atoms with Crippen molar-refractivity contribution in [2.45, 2.75) is 19.4 Å². The van der Waals surface area contributed by atoms with Gasteiger partial charge in [0.25, 0.3) is 0 Å². The fraction of sp³-hybridized carbons (Fsp3) is 0.261. The molecule has 3 aromatic rings. The quantitative estimate of drug-likeness (QED) is 0.744. The summed E-state index contributed by atoms with van der Waals surface area (Å²) in [6, 6.07) is 24.8. The average Bonchev–Trinajstić information content (AvgIpc) is 2.70. The zero-order valence-electron chi connectivity index (χ0n) is 14.9. The highest BCUT2D eigenvalue weighted by Gasteiger charge is 2.25. The first-order valence-corrected chi connectivity index (χ1v) is 9.34. The van der Waals surface area contributed by atoms with Gasteiger partial charge in [0, 0.05) is 23.5 Å². The molecule has 1 heterocycles. The normalized spacial score (nSPS) is 15.8. The van der Waals surface area contributed by atoms with E-state index < -0.39 is 0 Å². The van der Waals surface area contributed by atoms with Crippen LogP contribution in [0.15, 0.2) is 72.8 Å². The van der Waals surface area contributed by atoms with Gasteiger partial charge >= 0.3 is 0 Å². The van der Waals surface area contributed by atoms with Crippen LogP contribution in [0.5, 0.6) is 0 Å². The van der Waals surface area contributed by atoms with Gasteiger partial charge in [-0.15, -0.1) is 0 Å². The van der Waals surface area contributed by atoms with Crippen LogP contribution in [0.25, 0.3) is 10.8 Å². The molecule has 0 aliphatic carbocycles. The van der Waals surface area contributed by atoms with Gasteiger partial charge in [0.05, 0.1) is 0 Å². The van der Waals surface area contributed by atoms with Gasteiger partial charge in [-0.05, 0) is 42.9 Å².